The normalized spacial score (nSPS) is 11.7. The Bertz CT molecular complexity index is 3260. The predicted octanol–water partition coefficient (Wildman–Crippen LogP) is 15.7. The third-order valence-electron chi connectivity index (χ3n) is 12.4. The Kier molecular flexibility index (Phi) is 14.1. The maximum Gasteiger partial charge on any atom is 0.121 e. The van der Waals surface area contributed by atoms with Crippen molar-refractivity contribution in [2.45, 2.75) is 79.4 Å². The van der Waals surface area contributed by atoms with Crippen LogP contribution in [-0.4, -0.2) is 27.6 Å². The number of rotatable bonds is 10. The number of fused-ring (bicyclic) bond motifs is 4. The molecular weight excluding hydrogens is 1010 g/mol. The number of imidazole rings is 1. The second kappa shape index (κ2) is 19.9. The molecule has 5 nitrogen and oxygen atoms in total. The number of hydrogen-bond donors (Lipinski definition) is 0. The average molecular weight is 1070 g/mol. The molecule has 10 rings (SSSR count). The van der Waals surface area contributed by atoms with E-state index >= 15 is 0 Å². The van der Waals surface area contributed by atoms with E-state index in [1.807, 2.05) is 18.2 Å². The van der Waals surface area contributed by atoms with Gasteiger partial charge in [0.1, 0.15) is 5.58 Å². The molecule has 0 saturated carbocycles. The molecule has 0 aliphatic heterocycles. The van der Waals surface area contributed by atoms with E-state index in [1.165, 1.54) is 44.3 Å². The van der Waals surface area contributed by atoms with Crippen LogP contribution in [0.5, 0.6) is 0 Å². The number of furan rings is 1. The number of hydrogen-bond acceptors (Lipinski definition) is 4. The zero-order chi connectivity index (χ0) is 46.1. The molecule has 4 heterocycles. The number of nitrogens with zero attached hydrogens (tertiary/aromatic N) is 4. The molecule has 10 aromatic rings. The first-order valence-corrected chi connectivity index (χ1v) is 26.8. The SMILES string of the molecule is CC(C)Cc1cc(-c2[c-]cncc2)ncc1[Si](C)(C)C.CC(C)c1cc(-c2ccccc2)cc(C(C)C)c1-n1c(-c2[c-]ccc3c2oc2cc(-c4ccccc4)ccc23)nc2ccccc21.[Ir]. The largest absolute Gasteiger partial charge is 0.501 e. The van der Waals surface area contributed by atoms with Crippen LogP contribution in [0.25, 0.3) is 83.6 Å². The predicted molar refractivity (Wildman–Crippen MR) is 279 cm³/mol. The van der Waals surface area contributed by atoms with E-state index in [2.05, 4.69) is 215 Å². The number of aromatic nitrogens is 4. The van der Waals surface area contributed by atoms with E-state index in [4.69, 9.17) is 9.40 Å². The van der Waals surface area contributed by atoms with Crippen molar-refractivity contribution in [3.8, 4) is 50.6 Å². The third-order valence-corrected chi connectivity index (χ3v) is 14.5. The molecule has 0 bridgehead atoms. The molecule has 0 fully saturated rings. The molecule has 339 valence electrons. The minimum absolute atomic E-state index is 0. The van der Waals surface area contributed by atoms with Gasteiger partial charge in [0.2, 0.25) is 0 Å². The van der Waals surface area contributed by atoms with Crippen molar-refractivity contribution in [3.05, 3.63) is 187 Å². The number of para-hydroxylation sites is 2. The van der Waals surface area contributed by atoms with Gasteiger partial charge in [-0.3, -0.25) is 9.97 Å². The van der Waals surface area contributed by atoms with Crippen LogP contribution in [0.2, 0.25) is 19.6 Å². The molecule has 0 aliphatic rings. The van der Waals surface area contributed by atoms with Gasteiger partial charge >= 0.3 is 0 Å². The Morgan fingerprint density at radius 1 is 0.657 bits per heavy atom. The second-order valence-corrected chi connectivity index (χ2v) is 24.5. The van der Waals surface area contributed by atoms with Gasteiger partial charge in [-0.1, -0.05) is 169 Å². The average Bonchev–Trinajstić information content (AvgIpc) is 3.90. The summed E-state index contributed by atoms with van der Waals surface area (Å²) in [5.74, 6) is 2.06. The maximum atomic E-state index is 6.73. The molecule has 0 aliphatic carbocycles. The van der Waals surface area contributed by atoms with Crippen molar-refractivity contribution in [1.82, 2.24) is 19.5 Å². The van der Waals surface area contributed by atoms with Gasteiger partial charge in [-0.15, -0.1) is 24.3 Å². The van der Waals surface area contributed by atoms with Gasteiger partial charge in [-0.05, 0) is 111 Å². The van der Waals surface area contributed by atoms with Crippen LogP contribution in [0.15, 0.2) is 163 Å². The molecule has 0 unspecified atom stereocenters. The summed E-state index contributed by atoms with van der Waals surface area (Å²) in [4.78, 5) is 14.0. The Labute approximate surface area is 410 Å². The van der Waals surface area contributed by atoms with Crippen LogP contribution in [0.4, 0.5) is 0 Å². The summed E-state index contributed by atoms with van der Waals surface area (Å²) >= 11 is 0. The second-order valence-electron chi connectivity index (χ2n) is 19.4. The van der Waals surface area contributed by atoms with Crippen LogP contribution in [0.1, 0.15) is 70.1 Å². The fraction of sp³-hybridized carbons (Fsp3) is 0.217. The van der Waals surface area contributed by atoms with Gasteiger partial charge in [0.25, 0.3) is 0 Å². The quantitative estimate of drug-likeness (QED) is 0.101. The molecule has 0 atom stereocenters. The van der Waals surface area contributed by atoms with Crippen LogP contribution in [-0.2, 0) is 26.5 Å². The van der Waals surface area contributed by atoms with Crippen molar-refractivity contribution < 1.29 is 24.5 Å². The smallest absolute Gasteiger partial charge is 0.121 e. The molecule has 0 amide bonds. The zero-order valence-electron chi connectivity index (χ0n) is 40.0. The van der Waals surface area contributed by atoms with E-state index in [0.717, 1.165) is 67.6 Å². The summed E-state index contributed by atoms with van der Waals surface area (Å²) in [6, 6.07) is 55.9. The van der Waals surface area contributed by atoms with Crippen molar-refractivity contribution in [1.29, 1.82) is 0 Å². The van der Waals surface area contributed by atoms with Gasteiger partial charge in [-0.25, -0.2) is 0 Å². The van der Waals surface area contributed by atoms with Crippen LogP contribution in [0, 0.1) is 18.1 Å². The van der Waals surface area contributed by atoms with E-state index in [0.29, 0.717) is 5.92 Å². The first-order valence-electron chi connectivity index (χ1n) is 23.3. The summed E-state index contributed by atoms with van der Waals surface area (Å²) in [5, 5.41) is 3.63. The summed E-state index contributed by atoms with van der Waals surface area (Å²) in [6.45, 7) is 20.8. The summed E-state index contributed by atoms with van der Waals surface area (Å²) < 4.78 is 9.10. The van der Waals surface area contributed by atoms with Gasteiger partial charge in [0.15, 0.2) is 0 Å². The fourth-order valence-corrected chi connectivity index (χ4v) is 10.7. The number of pyridine rings is 2. The molecule has 0 N–H and O–H groups in total. The molecule has 6 aromatic carbocycles. The van der Waals surface area contributed by atoms with Gasteiger partial charge < -0.3 is 14.0 Å². The van der Waals surface area contributed by atoms with Crippen LogP contribution in [0.3, 0.4) is 0 Å². The summed E-state index contributed by atoms with van der Waals surface area (Å²) in [7, 11) is -1.35. The van der Waals surface area contributed by atoms with E-state index in [9.17, 15) is 0 Å². The molecule has 4 aromatic heterocycles. The maximum absolute atomic E-state index is 6.73. The van der Waals surface area contributed by atoms with Crippen molar-refractivity contribution in [2.24, 2.45) is 5.92 Å². The van der Waals surface area contributed by atoms with Crippen molar-refractivity contribution in [2.75, 3.05) is 0 Å². The Morgan fingerprint density at radius 3 is 1.94 bits per heavy atom. The summed E-state index contributed by atoms with van der Waals surface area (Å²) in [5.41, 5.74) is 16.6. The van der Waals surface area contributed by atoms with Gasteiger partial charge in [0, 0.05) is 37.4 Å². The summed E-state index contributed by atoms with van der Waals surface area (Å²) in [6.07, 6.45) is 6.70. The monoisotopic (exact) mass is 1070 g/mol. The van der Waals surface area contributed by atoms with E-state index < -0.39 is 8.07 Å². The Hall–Kier alpha value is -6.24. The third kappa shape index (κ3) is 9.78. The minimum atomic E-state index is -1.35. The van der Waals surface area contributed by atoms with Gasteiger partial charge in [0.05, 0.1) is 30.5 Å². The standard InChI is InChI=1S/C43H35N2O.C17H23N2Si.Ir/c1-27(2)36-24-32(30-16-9-6-10-17-30)25-37(28(3)4)41(36)45-39-21-12-11-20-38(39)44-43(45)35-19-13-18-34-33-23-22-31(26-40(33)46-42(34)35)29-14-7-5-8-15-29;1-13(2)10-15-11-16(14-6-8-18-9-7-14)19-12-17(15)20(3,4)5;/h5-18,20-28H,1-4H3;6,8-9,11-13H,10H2,1-5H3;/q2*-1;. The minimum Gasteiger partial charge on any atom is -0.501 e. The molecule has 7 heteroatoms. The number of benzene rings is 6. The molecule has 1 radical (unpaired) electrons. The van der Waals surface area contributed by atoms with E-state index in [-0.39, 0.29) is 31.9 Å². The molecule has 67 heavy (non-hydrogen) atoms. The Balaban J connectivity index is 0.000000244. The fourth-order valence-electron chi connectivity index (χ4n) is 9.16. The molecule has 0 saturated heterocycles. The Morgan fingerprint density at radius 2 is 1.31 bits per heavy atom. The first kappa shape index (κ1) is 47.3. The van der Waals surface area contributed by atoms with Crippen molar-refractivity contribution >= 4 is 46.2 Å². The van der Waals surface area contributed by atoms with E-state index in [1.54, 1.807) is 12.4 Å². The van der Waals surface area contributed by atoms with Gasteiger partial charge in [-0.2, -0.15) is 11.6 Å². The zero-order valence-corrected chi connectivity index (χ0v) is 43.4. The first-order chi connectivity index (χ1) is 31.9. The van der Waals surface area contributed by atoms with Crippen molar-refractivity contribution in [3.63, 3.8) is 0 Å². The van der Waals surface area contributed by atoms with Crippen LogP contribution < -0.4 is 5.19 Å². The molecular formula is C60H58IrN4OSi-2. The molecule has 0 spiro atoms. The topological polar surface area (TPSA) is 56.7 Å². The van der Waals surface area contributed by atoms with Crippen LogP contribution >= 0.6 is 0 Å².